The van der Waals surface area contributed by atoms with Crippen molar-refractivity contribution in [3.05, 3.63) is 89.5 Å². The van der Waals surface area contributed by atoms with E-state index in [2.05, 4.69) is 4.72 Å². The Morgan fingerprint density at radius 3 is 2.24 bits per heavy atom. The first-order valence-corrected chi connectivity index (χ1v) is 11.0. The van der Waals surface area contributed by atoms with E-state index in [0.717, 1.165) is 27.5 Å². The molecule has 0 bridgehead atoms. The van der Waals surface area contributed by atoms with Crippen LogP contribution in [-0.2, 0) is 27.7 Å². The minimum Gasteiger partial charge on any atom is -0.480 e. The largest absolute Gasteiger partial charge is 0.480 e. The Hall–Kier alpha value is -2.96. The van der Waals surface area contributed by atoms with Gasteiger partial charge in [-0.1, -0.05) is 72.8 Å². The van der Waals surface area contributed by atoms with Crippen molar-refractivity contribution in [2.75, 3.05) is 5.75 Å². The van der Waals surface area contributed by atoms with E-state index in [4.69, 9.17) is 0 Å². The van der Waals surface area contributed by atoms with Gasteiger partial charge in [0, 0.05) is 12.8 Å². The Morgan fingerprint density at radius 2 is 1.59 bits per heavy atom. The Kier molecular flexibility index (Phi) is 4.98. The third kappa shape index (κ3) is 4.09. The Balaban J connectivity index is 1.49. The molecule has 1 aliphatic rings. The third-order valence-corrected chi connectivity index (χ3v) is 6.60. The van der Waals surface area contributed by atoms with E-state index >= 15 is 0 Å². The van der Waals surface area contributed by atoms with Gasteiger partial charge in [-0.2, -0.15) is 4.72 Å². The fourth-order valence-electron chi connectivity index (χ4n) is 3.84. The predicted octanol–water partition coefficient (Wildman–Crippen LogP) is 3.39. The number of nitrogens with one attached hydrogen (secondary N) is 1. The van der Waals surface area contributed by atoms with Gasteiger partial charge in [0.05, 0.1) is 5.75 Å². The summed E-state index contributed by atoms with van der Waals surface area (Å²) in [4.78, 5) is 11.9. The fourth-order valence-corrected chi connectivity index (χ4v) is 5.10. The third-order valence-electron chi connectivity index (χ3n) is 5.26. The molecule has 6 heteroatoms. The zero-order valence-electron chi connectivity index (χ0n) is 15.7. The van der Waals surface area contributed by atoms with Crippen molar-refractivity contribution >= 4 is 32.8 Å². The molecule has 0 saturated carbocycles. The van der Waals surface area contributed by atoms with Gasteiger partial charge in [0.15, 0.2) is 0 Å². The van der Waals surface area contributed by atoms with Crippen molar-refractivity contribution in [3.63, 3.8) is 0 Å². The first-order valence-electron chi connectivity index (χ1n) is 9.34. The van der Waals surface area contributed by atoms with Crippen molar-refractivity contribution in [3.8, 4) is 0 Å². The Labute approximate surface area is 169 Å². The summed E-state index contributed by atoms with van der Waals surface area (Å²) in [6.07, 6.45) is 3.57. The van der Waals surface area contributed by atoms with Gasteiger partial charge in [0.1, 0.15) is 5.54 Å². The van der Waals surface area contributed by atoms with Gasteiger partial charge in [-0.25, -0.2) is 8.42 Å². The van der Waals surface area contributed by atoms with Gasteiger partial charge in [-0.3, -0.25) is 4.79 Å². The number of carbonyl (C=O) groups is 1. The summed E-state index contributed by atoms with van der Waals surface area (Å²) >= 11 is 0. The molecule has 0 spiro atoms. The van der Waals surface area contributed by atoms with Crippen LogP contribution in [0.3, 0.4) is 0 Å². The van der Waals surface area contributed by atoms with Gasteiger partial charge in [0.2, 0.25) is 10.0 Å². The van der Waals surface area contributed by atoms with Gasteiger partial charge in [-0.15, -0.1) is 0 Å². The molecule has 5 nitrogen and oxygen atoms in total. The van der Waals surface area contributed by atoms with E-state index in [0.29, 0.717) is 0 Å². The van der Waals surface area contributed by atoms with Gasteiger partial charge in [-0.05, 0) is 33.5 Å². The second-order valence-corrected chi connectivity index (χ2v) is 9.17. The quantitative estimate of drug-likeness (QED) is 0.656. The van der Waals surface area contributed by atoms with Crippen LogP contribution in [0.5, 0.6) is 0 Å². The van der Waals surface area contributed by atoms with Crippen LogP contribution in [0.15, 0.2) is 72.8 Å². The number of fused-ring (bicyclic) bond motifs is 2. The van der Waals surface area contributed by atoms with Gasteiger partial charge in [0.25, 0.3) is 0 Å². The average molecular weight is 407 g/mol. The van der Waals surface area contributed by atoms with E-state index in [1.807, 2.05) is 66.7 Å². The van der Waals surface area contributed by atoms with Crippen molar-refractivity contribution in [2.24, 2.45) is 0 Å². The Bertz CT molecular complexity index is 1190. The maximum atomic E-state index is 12.6. The molecule has 0 amide bonds. The van der Waals surface area contributed by atoms with Crippen LogP contribution in [0.1, 0.15) is 16.7 Å². The second kappa shape index (κ2) is 7.46. The van der Waals surface area contributed by atoms with Crippen molar-refractivity contribution in [1.82, 2.24) is 4.72 Å². The standard InChI is InChI=1S/C23H21NO4S/c25-22(26)23(15-20-9-3-4-10-21(20)16-23)24-29(27,28)13-5-6-17-11-12-18-7-1-2-8-19(18)14-17/h1-12,14,24H,13,15-16H2,(H,25,26). The van der Waals surface area contributed by atoms with Crippen LogP contribution in [0.25, 0.3) is 16.8 Å². The highest BCUT2D eigenvalue weighted by atomic mass is 32.2. The average Bonchev–Trinajstić information content (AvgIpc) is 3.06. The number of carboxylic acids is 1. The maximum absolute atomic E-state index is 12.6. The van der Waals surface area contributed by atoms with Crippen LogP contribution in [0, 0.1) is 0 Å². The summed E-state index contributed by atoms with van der Waals surface area (Å²) in [5.74, 6) is -1.44. The number of hydrogen-bond acceptors (Lipinski definition) is 3. The van der Waals surface area contributed by atoms with Crippen LogP contribution in [0.2, 0.25) is 0 Å². The lowest BCUT2D eigenvalue weighted by Gasteiger charge is -2.24. The number of hydrogen-bond donors (Lipinski definition) is 2. The summed E-state index contributed by atoms with van der Waals surface area (Å²) in [7, 11) is -3.82. The molecule has 29 heavy (non-hydrogen) atoms. The molecule has 0 unspecified atom stereocenters. The van der Waals surface area contributed by atoms with Gasteiger partial charge < -0.3 is 5.11 Å². The summed E-state index contributed by atoms with van der Waals surface area (Å²) in [5, 5.41) is 11.9. The first-order chi connectivity index (χ1) is 13.9. The van der Waals surface area contributed by atoms with Crippen LogP contribution in [-0.4, -0.2) is 30.8 Å². The minimum atomic E-state index is -3.82. The maximum Gasteiger partial charge on any atom is 0.325 e. The highest BCUT2D eigenvalue weighted by Gasteiger charge is 2.46. The summed E-state index contributed by atoms with van der Waals surface area (Å²) < 4.78 is 27.7. The molecular weight excluding hydrogens is 386 g/mol. The minimum absolute atomic E-state index is 0.145. The van der Waals surface area contributed by atoms with E-state index in [-0.39, 0.29) is 18.6 Å². The number of carboxylic acid groups (broad SMARTS) is 1. The molecule has 0 aliphatic heterocycles. The highest BCUT2D eigenvalue weighted by Crippen LogP contribution is 2.31. The van der Waals surface area contributed by atoms with E-state index < -0.39 is 21.5 Å². The number of aliphatic carboxylic acids is 1. The second-order valence-electron chi connectivity index (χ2n) is 7.40. The fraction of sp³-hybridized carbons (Fsp3) is 0.174. The number of benzene rings is 3. The molecule has 3 aromatic rings. The number of rotatable bonds is 6. The molecule has 4 rings (SSSR count). The van der Waals surface area contributed by atoms with E-state index in [9.17, 15) is 18.3 Å². The van der Waals surface area contributed by atoms with Crippen molar-refractivity contribution < 1.29 is 18.3 Å². The van der Waals surface area contributed by atoms with E-state index in [1.165, 1.54) is 0 Å². The number of sulfonamides is 1. The van der Waals surface area contributed by atoms with Crippen molar-refractivity contribution in [1.29, 1.82) is 0 Å². The molecule has 0 aromatic heterocycles. The lowest BCUT2D eigenvalue weighted by molar-refractivity contribution is -0.143. The summed E-state index contributed by atoms with van der Waals surface area (Å²) in [6.45, 7) is 0. The molecule has 0 atom stereocenters. The zero-order chi connectivity index (χ0) is 20.5. The smallest absolute Gasteiger partial charge is 0.325 e. The molecule has 0 heterocycles. The molecule has 0 radical (unpaired) electrons. The van der Waals surface area contributed by atoms with Crippen LogP contribution < -0.4 is 4.72 Å². The normalized spacial score (nSPS) is 15.6. The molecule has 148 valence electrons. The van der Waals surface area contributed by atoms with Crippen molar-refractivity contribution in [2.45, 2.75) is 18.4 Å². The summed E-state index contributed by atoms with van der Waals surface area (Å²) in [6, 6.07) is 21.2. The first kappa shape index (κ1) is 19.4. The van der Waals surface area contributed by atoms with Crippen LogP contribution >= 0.6 is 0 Å². The molecule has 0 fully saturated rings. The zero-order valence-corrected chi connectivity index (χ0v) is 16.5. The molecule has 0 saturated heterocycles. The predicted molar refractivity (Wildman–Crippen MR) is 114 cm³/mol. The molecular formula is C23H21NO4S. The Morgan fingerprint density at radius 1 is 0.966 bits per heavy atom. The summed E-state index contributed by atoms with van der Waals surface area (Å²) in [5.41, 5.74) is 1.09. The molecule has 1 aliphatic carbocycles. The van der Waals surface area contributed by atoms with Crippen LogP contribution in [0.4, 0.5) is 0 Å². The lowest BCUT2D eigenvalue weighted by Crippen LogP contribution is -2.55. The van der Waals surface area contributed by atoms with Gasteiger partial charge >= 0.3 is 5.97 Å². The lowest BCUT2D eigenvalue weighted by atomic mass is 9.98. The molecule has 3 aromatic carbocycles. The molecule has 2 N–H and O–H groups in total. The monoisotopic (exact) mass is 407 g/mol. The topological polar surface area (TPSA) is 83.5 Å². The SMILES string of the molecule is O=C(O)C1(NS(=O)(=O)CC=Cc2ccc3ccccc3c2)Cc2ccccc2C1. The van der Waals surface area contributed by atoms with E-state index in [1.54, 1.807) is 12.2 Å². The highest BCUT2D eigenvalue weighted by molar-refractivity contribution is 7.89.